The summed E-state index contributed by atoms with van der Waals surface area (Å²) >= 11 is 1.27. The summed E-state index contributed by atoms with van der Waals surface area (Å²) in [7, 11) is 0. The summed E-state index contributed by atoms with van der Waals surface area (Å²) in [5, 5.41) is 8.78. The molecule has 0 atom stereocenters. The van der Waals surface area contributed by atoms with E-state index in [1.165, 1.54) is 16.7 Å². The molecule has 0 radical (unpaired) electrons. The van der Waals surface area contributed by atoms with Gasteiger partial charge in [-0.3, -0.25) is 14.4 Å². The second kappa shape index (κ2) is 7.25. The molecule has 0 aromatic carbocycles. The summed E-state index contributed by atoms with van der Waals surface area (Å²) in [6.07, 6.45) is 0.197. The highest BCUT2D eigenvalue weighted by atomic mass is 32.2. The topological polar surface area (TPSA) is 101 Å². The monoisotopic (exact) mass is 276 g/mol. The number of hydrogen-bond acceptors (Lipinski definition) is 4. The summed E-state index contributed by atoms with van der Waals surface area (Å²) < 4.78 is 0. The van der Waals surface area contributed by atoms with E-state index in [1.54, 1.807) is 20.8 Å². The van der Waals surface area contributed by atoms with Gasteiger partial charge in [-0.2, -0.15) is 11.8 Å². The van der Waals surface area contributed by atoms with E-state index in [9.17, 15) is 14.4 Å². The number of carboxylic acid groups (broad SMARTS) is 1. The number of rotatable bonds is 7. The van der Waals surface area contributed by atoms with Gasteiger partial charge in [0.25, 0.3) is 0 Å². The van der Waals surface area contributed by atoms with Crippen LogP contribution in [-0.4, -0.2) is 51.4 Å². The average molecular weight is 276 g/mol. The summed E-state index contributed by atoms with van der Waals surface area (Å²) in [6.45, 7) is 5.03. The molecule has 2 amide bonds. The van der Waals surface area contributed by atoms with Crippen LogP contribution in [-0.2, 0) is 14.4 Å². The Morgan fingerprint density at radius 3 is 2.22 bits per heavy atom. The minimum absolute atomic E-state index is 0.168. The van der Waals surface area contributed by atoms with Crippen molar-refractivity contribution in [3.8, 4) is 0 Å². The highest BCUT2D eigenvalue weighted by molar-refractivity contribution is 7.99. The molecule has 0 saturated heterocycles. The molecule has 3 N–H and O–H groups in total. The quantitative estimate of drug-likeness (QED) is 0.652. The maximum Gasteiger partial charge on any atom is 0.323 e. The average Bonchev–Trinajstić information content (AvgIpc) is 2.18. The molecule has 0 rings (SSSR count). The molecule has 0 spiro atoms. The van der Waals surface area contributed by atoms with Crippen molar-refractivity contribution in [2.45, 2.75) is 32.7 Å². The van der Waals surface area contributed by atoms with Crippen molar-refractivity contribution in [2.24, 2.45) is 5.73 Å². The van der Waals surface area contributed by atoms with Gasteiger partial charge in [-0.15, -0.1) is 0 Å². The van der Waals surface area contributed by atoms with Crippen LogP contribution in [0.25, 0.3) is 0 Å². The molecule has 7 heteroatoms. The van der Waals surface area contributed by atoms with Crippen LogP contribution in [0.2, 0.25) is 0 Å². The van der Waals surface area contributed by atoms with Gasteiger partial charge in [0.15, 0.2) is 0 Å². The molecule has 18 heavy (non-hydrogen) atoms. The fraction of sp³-hybridized carbons (Fsp3) is 0.727. The van der Waals surface area contributed by atoms with Crippen molar-refractivity contribution < 1.29 is 19.5 Å². The van der Waals surface area contributed by atoms with Crippen LogP contribution in [0.4, 0.5) is 0 Å². The first-order chi connectivity index (χ1) is 8.14. The molecule has 0 aliphatic heterocycles. The van der Waals surface area contributed by atoms with Crippen molar-refractivity contribution in [1.82, 2.24) is 4.90 Å². The third-order valence-electron chi connectivity index (χ3n) is 2.11. The van der Waals surface area contributed by atoms with Gasteiger partial charge in [0.05, 0.1) is 5.75 Å². The van der Waals surface area contributed by atoms with E-state index >= 15 is 0 Å². The lowest BCUT2D eigenvalue weighted by Crippen LogP contribution is -2.48. The molecule has 0 aliphatic carbocycles. The van der Waals surface area contributed by atoms with Crippen LogP contribution in [0.3, 0.4) is 0 Å². The van der Waals surface area contributed by atoms with Crippen LogP contribution >= 0.6 is 11.8 Å². The van der Waals surface area contributed by atoms with Crippen molar-refractivity contribution in [3.63, 3.8) is 0 Å². The van der Waals surface area contributed by atoms with E-state index in [0.717, 1.165) is 0 Å². The number of nitrogens with two attached hydrogens (primary N) is 1. The van der Waals surface area contributed by atoms with Gasteiger partial charge in [0.1, 0.15) is 6.54 Å². The van der Waals surface area contributed by atoms with E-state index < -0.39 is 17.4 Å². The van der Waals surface area contributed by atoms with Crippen LogP contribution in [0, 0.1) is 0 Å². The van der Waals surface area contributed by atoms with E-state index in [1.807, 2.05) is 0 Å². The lowest BCUT2D eigenvalue weighted by atomic mass is 10.1. The fourth-order valence-corrected chi connectivity index (χ4v) is 1.97. The largest absolute Gasteiger partial charge is 0.480 e. The number of carbonyl (C=O) groups is 3. The van der Waals surface area contributed by atoms with E-state index in [-0.39, 0.29) is 24.6 Å². The predicted molar refractivity (Wildman–Crippen MR) is 70.2 cm³/mol. The Morgan fingerprint density at radius 1 is 1.28 bits per heavy atom. The second-order valence-electron chi connectivity index (χ2n) is 4.81. The van der Waals surface area contributed by atoms with E-state index in [4.69, 9.17) is 10.8 Å². The zero-order valence-electron chi connectivity index (χ0n) is 10.9. The Bertz CT molecular complexity index is 325. The summed E-state index contributed by atoms with van der Waals surface area (Å²) in [4.78, 5) is 34.5. The Labute approximate surface area is 111 Å². The number of nitrogens with zero attached hydrogens (tertiary/aromatic N) is 1. The molecule has 0 aromatic rings. The number of aliphatic carboxylic acids is 1. The molecular weight excluding hydrogens is 256 g/mol. The molecule has 0 aliphatic rings. The van der Waals surface area contributed by atoms with E-state index in [0.29, 0.717) is 5.75 Å². The number of thioether (sulfide) groups is 1. The second-order valence-corrected chi connectivity index (χ2v) is 5.92. The Morgan fingerprint density at radius 2 is 1.83 bits per heavy atom. The first kappa shape index (κ1) is 16.8. The highest BCUT2D eigenvalue weighted by Gasteiger charge is 2.27. The number of hydrogen-bond donors (Lipinski definition) is 2. The maximum absolute atomic E-state index is 11.9. The van der Waals surface area contributed by atoms with E-state index in [2.05, 4.69) is 0 Å². The molecule has 6 nitrogen and oxygen atoms in total. The van der Waals surface area contributed by atoms with Crippen molar-refractivity contribution in [2.75, 3.05) is 18.1 Å². The molecule has 0 unspecified atom stereocenters. The standard InChI is InChI=1S/C11H20N2O4S/c1-11(2,3)13(6-10(16)17)9(15)4-5-18-7-8(12)14/h4-7H2,1-3H3,(H2,12,14)(H,16,17). The predicted octanol–water partition coefficient (Wildman–Crippen LogP) is 0.307. The van der Waals surface area contributed by atoms with Gasteiger partial charge >= 0.3 is 5.97 Å². The van der Waals surface area contributed by atoms with Gasteiger partial charge in [0, 0.05) is 17.7 Å². The number of carboxylic acids is 1. The molecule has 0 heterocycles. The summed E-state index contributed by atoms with van der Waals surface area (Å²) in [5.74, 6) is -1.08. The number of carbonyl (C=O) groups excluding carboxylic acids is 2. The number of amides is 2. The van der Waals surface area contributed by atoms with Gasteiger partial charge < -0.3 is 15.7 Å². The van der Waals surface area contributed by atoms with Gasteiger partial charge in [-0.1, -0.05) is 0 Å². The maximum atomic E-state index is 11.9. The molecule has 0 bridgehead atoms. The molecule has 104 valence electrons. The van der Waals surface area contributed by atoms with Crippen LogP contribution in [0.1, 0.15) is 27.2 Å². The molecule has 0 fully saturated rings. The fourth-order valence-electron chi connectivity index (χ4n) is 1.30. The SMILES string of the molecule is CC(C)(C)N(CC(=O)O)C(=O)CCSCC(N)=O. The highest BCUT2D eigenvalue weighted by Crippen LogP contribution is 2.15. The Kier molecular flexibility index (Phi) is 6.75. The third kappa shape index (κ3) is 7.16. The molecule has 0 saturated carbocycles. The van der Waals surface area contributed by atoms with Crippen LogP contribution in [0.15, 0.2) is 0 Å². The van der Waals surface area contributed by atoms with Gasteiger partial charge in [0.2, 0.25) is 11.8 Å². The van der Waals surface area contributed by atoms with Gasteiger partial charge in [-0.05, 0) is 20.8 Å². The first-order valence-electron chi connectivity index (χ1n) is 5.53. The Balaban J connectivity index is 4.31. The number of primary amides is 1. The summed E-state index contributed by atoms with van der Waals surface area (Å²) in [6, 6.07) is 0. The Hall–Kier alpha value is -1.24. The van der Waals surface area contributed by atoms with Crippen LogP contribution in [0.5, 0.6) is 0 Å². The molecule has 0 aromatic heterocycles. The minimum atomic E-state index is -1.04. The summed E-state index contributed by atoms with van der Waals surface area (Å²) in [5.41, 5.74) is 4.43. The smallest absolute Gasteiger partial charge is 0.323 e. The van der Waals surface area contributed by atoms with Crippen molar-refractivity contribution in [1.29, 1.82) is 0 Å². The third-order valence-corrected chi connectivity index (χ3v) is 3.09. The minimum Gasteiger partial charge on any atom is -0.480 e. The lowest BCUT2D eigenvalue weighted by molar-refractivity contribution is -0.148. The van der Waals surface area contributed by atoms with Crippen LogP contribution < -0.4 is 5.73 Å². The van der Waals surface area contributed by atoms with Crippen molar-refractivity contribution in [3.05, 3.63) is 0 Å². The van der Waals surface area contributed by atoms with Crippen molar-refractivity contribution >= 4 is 29.5 Å². The lowest BCUT2D eigenvalue weighted by Gasteiger charge is -2.34. The zero-order valence-corrected chi connectivity index (χ0v) is 11.7. The normalized spacial score (nSPS) is 11.1. The van der Waals surface area contributed by atoms with Gasteiger partial charge in [-0.25, -0.2) is 0 Å². The molecular formula is C11H20N2O4S. The zero-order chi connectivity index (χ0) is 14.3. The first-order valence-corrected chi connectivity index (χ1v) is 6.68.